The highest BCUT2D eigenvalue weighted by Crippen LogP contribution is 2.19. The molecule has 1 atom stereocenters. The Balaban J connectivity index is 2.07. The maximum atomic E-state index is 12.2. The molecule has 1 N–H and O–H groups in total. The van der Waals surface area contributed by atoms with E-state index in [1.54, 1.807) is 0 Å². The molecule has 0 bridgehead atoms. The lowest BCUT2D eigenvalue weighted by Gasteiger charge is -2.17. The molecule has 0 spiro atoms. The average Bonchev–Trinajstić information content (AvgIpc) is 2.73. The number of hydrogen-bond donors (Lipinski definition) is 1. The van der Waals surface area contributed by atoms with Crippen molar-refractivity contribution in [2.24, 2.45) is 0 Å². The van der Waals surface area contributed by atoms with Crippen molar-refractivity contribution in [2.75, 3.05) is 0 Å². The summed E-state index contributed by atoms with van der Waals surface area (Å²) in [6.45, 7) is 9.81. The van der Waals surface area contributed by atoms with Gasteiger partial charge in [0.1, 0.15) is 5.76 Å². The summed E-state index contributed by atoms with van der Waals surface area (Å²) in [6, 6.07) is 6.27. The van der Waals surface area contributed by atoms with Gasteiger partial charge in [0.05, 0.1) is 18.2 Å². The molecule has 0 fully saturated rings. The Morgan fingerprint density at radius 2 is 2.00 bits per heavy atom. The number of aryl methyl sites for hydroxylation is 4. The summed E-state index contributed by atoms with van der Waals surface area (Å²) in [5.74, 6) is 0.694. The third kappa shape index (κ3) is 3.51. The highest BCUT2D eigenvalue weighted by molar-refractivity contribution is 5.79. The molecule has 0 unspecified atom stereocenters. The molecule has 0 aliphatic rings. The number of rotatable bonds is 4. The lowest BCUT2D eigenvalue weighted by atomic mass is 9.99. The average molecular weight is 286 g/mol. The normalized spacial score (nSPS) is 12.2. The smallest absolute Gasteiger partial charge is 0.225 e. The van der Waals surface area contributed by atoms with Crippen LogP contribution in [0.5, 0.6) is 0 Å². The topological polar surface area (TPSA) is 55.1 Å². The van der Waals surface area contributed by atoms with Crippen molar-refractivity contribution < 1.29 is 9.32 Å². The molecule has 2 rings (SSSR count). The first-order chi connectivity index (χ1) is 9.88. The largest absolute Gasteiger partial charge is 0.361 e. The Hall–Kier alpha value is -2.10. The van der Waals surface area contributed by atoms with E-state index in [1.165, 1.54) is 11.1 Å². The molecule has 1 heterocycles. The fourth-order valence-electron chi connectivity index (χ4n) is 2.51. The van der Waals surface area contributed by atoms with Gasteiger partial charge in [-0.2, -0.15) is 0 Å². The van der Waals surface area contributed by atoms with E-state index in [9.17, 15) is 4.79 Å². The van der Waals surface area contributed by atoms with Crippen molar-refractivity contribution in [3.05, 3.63) is 51.9 Å². The summed E-state index contributed by atoms with van der Waals surface area (Å²) < 4.78 is 5.09. The van der Waals surface area contributed by atoms with Gasteiger partial charge in [0.15, 0.2) is 0 Å². The second-order valence-corrected chi connectivity index (χ2v) is 5.63. The first kappa shape index (κ1) is 15.3. The molecule has 4 nitrogen and oxygen atoms in total. The van der Waals surface area contributed by atoms with Gasteiger partial charge < -0.3 is 9.84 Å². The second-order valence-electron chi connectivity index (χ2n) is 5.63. The Bertz CT molecular complexity index is 639. The van der Waals surface area contributed by atoms with Gasteiger partial charge in [-0.1, -0.05) is 28.9 Å². The van der Waals surface area contributed by atoms with Crippen molar-refractivity contribution in [1.82, 2.24) is 10.5 Å². The Morgan fingerprint density at radius 3 is 2.62 bits per heavy atom. The van der Waals surface area contributed by atoms with Crippen LogP contribution in [-0.4, -0.2) is 11.1 Å². The number of nitrogens with one attached hydrogen (secondary N) is 1. The minimum atomic E-state index is -0.0159. The Kier molecular flexibility index (Phi) is 4.46. The predicted molar refractivity (Wildman–Crippen MR) is 82.2 cm³/mol. The van der Waals surface area contributed by atoms with Crippen molar-refractivity contribution >= 4 is 5.91 Å². The van der Waals surface area contributed by atoms with Crippen LogP contribution in [0.4, 0.5) is 0 Å². The van der Waals surface area contributed by atoms with Crippen LogP contribution < -0.4 is 5.32 Å². The minimum Gasteiger partial charge on any atom is -0.361 e. The van der Waals surface area contributed by atoms with Gasteiger partial charge in [0.25, 0.3) is 0 Å². The number of amides is 1. The molecule has 0 radical (unpaired) electrons. The van der Waals surface area contributed by atoms with E-state index in [0.29, 0.717) is 12.2 Å². The molecule has 1 aromatic carbocycles. The molecule has 1 amide bonds. The zero-order valence-corrected chi connectivity index (χ0v) is 13.3. The van der Waals surface area contributed by atoms with Gasteiger partial charge in [-0.15, -0.1) is 0 Å². The van der Waals surface area contributed by atoms with Crippen LogP contribution >= 0.6 is 0 Å². The van der Waals surface area contributed by atoms with Crippen molar-refractivity contribution in [3.63, 3.8) is 0 Å². The van der Waals surface area contributed by atoms with E-state index in [-0.39, 0.29) is 11.9 Å². The number of benzene rings is 1. The standard InChI is InChI=1S/C17H22N2O2/c1-10-6-7-11(2)15(8-10)12(3)18-17(20)9-16-13(4)19-21-14(16)5/h6-8,12H,9H2,1-5H3,(H,18,20)/t12-/m1/s1. The van der Waals surface area contributed by atoms with E-state index in [2.05, 4.69) is 42.5 Å². The molecule has 4 heteroatoms. The number of carbonyl (C=O) groups is 1. The predicted octanol–water partition coefficient (Wildman–Crippen LogP) is 3.33. The molecule has 21 heavy (non-hydrogen) atoms. The highest BCUT2D eigenvalue weighted by Gasteiger charge is 2.16. The third-order valence-electron chi connectivity index (χ3n) is 3.80. The molecule has 2 aromatic rings. The first-order valence-electron chi connectivity index (χ1n) is 7.16. The molecular weight excluding hydrogens is 264 g/mol. The zero-order valence-electron chi connectivity index (χ0n) is 13.3. The van der Waals surface area contributed by atoms with Gasteiger partial charge in [0, 0.05) is 5.56 Å². The SMILES string of the molecule is Cc1ccc(C)c([C@@H](C)NC(=O)Cc2c(C)noc2C)c1. The Morgan fingerprint density at radius 1 is 1.29 bits per heavy atom. The summed E-state index contributed by atoms with van der Waals surface area (Å²) in [5.41, 5.74) is 5.19. The zero-order chi connectivity index (χ0) is 15.6. The van der Waals surface area contributed by atoms with Gasteiger partial charge >= 0.3 is 0 Å². The molecule has 0 aliphatic heterocycles. The van der Waals surface area contributed by atoms with Crippen LogP contribution in [0.3, 0.4) is 0 Å². The molecule has 0 aliphatic carbocycles. The molecule has 0 saturated heterocycles. The molecule has 1 aromatic heterocycles. The van der Waals surface area contributed by atoms with Crippen molar-refractivity contribution in [1.29, 1.82) is 0 Å². The maximum Gasteiger partial charge on any atom is 0.225 e. The van der Waals surface area contributed by atoms with E-state index in [4.69, 9.17) is 4.52 Å². The first-order valence-corrected chi connectivity index (χ1v) is 7.16. The highest BCUT2D eigenvalue weighted by atomic mass is 16.5. The van der Waals surface area contributed by atoms with Crippen LogP contribution in [0.1, 0.15) is 46.7 Å². The van der Waals surface area contributed by atoms with E-state index >= 15 is 0 Å². The molecule has 0 saturated carbocycles. The molecular formula is C17H22N2O2. The summed E-state index contributed by atoms with van der Waals surface area (Å²) in [4.78, 5) is 12.2. The fraction of sp³-hybridized carbons (Fsp3) is 0.412. The number of carbonyl (C=O) groups excluding carboxylic acids is 1. The van der Waals surface area contributed by atoms with E-state index in [0.717, 1.165) is 16.8 Å². The monoisotopic (exact) mass is 286 g/mol. The van der Waals surface area contributed by atoms with Crippen LogP contribution in [0, 0.1) is 27.7 Å². The second kappa shape index (κ2) is 6.12. The quantitative estimate of drug-likeness (QED) is 0.938. The van der Waals surface area contributed by atoms with Crippen molar-refractivity contribution in [2.45, 2.75) is 47.1 Å². The van der Waals surface area contributed by atoms with E-state index < -0.39 is 0 Å². The van der Waals surface area contributed by atoms with E-state index in [1.807, 2.05) is 20.8 Å². The van der Waals surface area contributed by atoms with Gasteiger partial charge in [-0.25, -0.2) is 0 Å². The maximum absolute atomic E-state index is 12.2. The van der Waals surface area contributed by atoms with Crippen LogP contribution in [0.15, 0.2) is 22.7 Å². The lowest BCUT2D eigenvalue weighted by Crippen LogP contribution is -2.28. The summed E-state index contributed by atoms with van der Waals surface area (Å²) in [6.07, 6.45) is 0.302. The van der Waals surface area contributed by atoms with Gasteiger partial charge in [-0.3, -0.25) is 4.79 Å². The van der Waals surface area contributed by atoms with Crippen molar-refractivity contribution in [3.8, 4) is 0 Å². The van der Waals surface area contributed by atoms with Crippen LogP contribution in [0.2, 0.25) is 0 Å². The van der Waals surface area contributed by atoms with Gasteiger partial charge in [-0.05, 0) is 45.7 Å². The number of hydrogen-bond acceptors (Lipinski definition) is 3. The summed E-state index contributed by atoms with van der Waals surface area (Å²) in [5, 5.41) is 6.93. The summed E-state index contributed by atoms with van der Waals surface area (Å²) >= 11 is 0. The minimum absolute atomic E-state index is 0.0159. The Labute approximate surface area is 125 Å². The van der Waals surface area contributed by atoms with Gasteiger partial charge in [0.2, 0.25) is 5.91 Å². The van der Waals surface area contributed by atoms with Crippen LogP contribution in [0.25, 0.3) is 0 Å². The number of aromatic nitrogens is 1. The summed E-state index contributed by atoms with van der Waals surface area (Å²) in [7, 11) is 0. The van der Waals surface area contributed by atoms with Crippen LogP contribution in [-0.2, 0) is 11.2 Å². The fourth-order valence-corrected chi connectivity index (χ4v) is 2.51. The lowest BCUT2D eigenvalue weighted by molar-refractivity contribution is -0.121. The third-order valence-corrected chi connectivity index (χ3v) is 3.80. The molecule has 112 valence electrons. The number of nitrogens with zero attached hydrogens (tertiary/aromatic N) is 1.